The molecule has 1 heteroatoms. The second-order valence-corrected chi connectivity index (χ2v) is 2.27. The van der Waals surface area contributed by atoms with E-state index < -0.39 is 0 Å². The van der Waals surface area contributed by atoms with Crippen molar-refractivity contribution in [3.8, 4) is 0 Å². The zero-order chi connectivity index (χ0) is 6.24. The molecule has 0 N–H and O–H groups in total. The van der Waals surface area contributed by atoms with Gasteiger partial charge in [-0.1, -0.05) is 39.0 Å². The van der Waals surface area contributed by atoms with Crippen molar-refractivity contribution in [2.24, 2.45) is 0 Å². The van der Waals surface area contributed by atoms with E-state index in [2.05, 4.69) is 13.8 Å². The van der Waals surface area contributed by atoms with Gasteiger partial charge in [0.1, 0.15) is 0 Å². The van der Waals surface area contributed by atoms with Gasteiger partial charge in [-0.25, -0.2) is 0 Å². The van der Waals surface area contributed by atoms with Gasteiger partial charge >= 0.3 is 22.4 Å². The van der Waals surface area contributed by atoms with E-state index in [-0.39, 0.29) is 22.4 Å². The van der Waals surface area contributed by atoms with Crippen LogP contribution in [0.5, 0.6) is 0 Å². The molecule has 0 unspecified atom stereocenters. The molecule has 0 saturated carbocycles. The maximum atomic E-state index is 3.78. The first-order valence-electron chi connectivity index (χ1n) is 3.71. The van der Waals surface area contributed by atoms with Crippen molar-refractivity contribution < 1.29 is 22.4 Å². The molecule has 0 nitrogen and oxygen atoms in total. The van der Waals surface area contributed by atoms with E-state index in [1.54, 1.807) is 0 Å². The van der Waals surface area contributed by atoms with Gasteiger partial charge in [-0.15, -0.1) is 0 Å². The van der Waals surface area contributed by atoms with Gasteiger partial charge in [-0.3, -0.25) is 0 Å². The molecule has 0 aromatic heterocycles. The average Bonchev–Trinajstić information content (AvgIpc) is 1.81. The molecule has 0 atom stereocenters. The first-order valence-corrected chi connectivity index (χ1v) is 3.71. The Balaban J connectivity index is 0. The predicted molar refractivity (Wildman–Crippen MR) is 38.7 cm³/mol. The fourth-order valence-corrected chi connectivity index (χ4v) is 0.780. The van der Waals surface area contributed by atoms with Gasteiger partial charge in [0.2, 0.25) is 0 Å². The molecule has 60 valence electrons. The maximum absolute atomic E-state index is 3.78. The van der Waals surface area contributed by atoms with Crippen LogP contribution >= 0.6 is 0 Å². The Morgan fingerprint density at radius 2 is 1.56 bits per heavy atom. The van der Waals surface area contributed by atoms with Crippen LogP contribution in [0, 0.1) is 6.92 Å². The quantitative estimate of drug-likeness (QED) is 0.380. The fraction of sp³-hybridized carbons (Fsp3) is 0.875. The molecule has 0 saturated heterocycles. The summed E-state index contributed by atoms with van der Waals surface area (Å²) in [6.45, 7) is 6.02. The first-order chi connectivity index (χ1) is 3.91. The molecule has 0 aromatic rings. The summed E-state index contributed by atoms with van der Waals surface area (Å²) in [5.41, 5.74) is 0. The van der Waals surface area contributed by atoms with E-state index >= 15 is 0 Å². The van der Waals surface area contributed by atoms with Gasteiger partial charge in [-0.05, 0) is 0 Å². The van der Waals surface area contributed by atoms with E-state index in [0.717, 1.165) is 6.42 Å². The second-order valence-electron chi connectivity index (χ2n) is 2.27. The van der Waals surface area contributed by atoms with Crippen molar-refractivity contribution in [3.05, 3.63) is 6.92 Å². The monoisotopic (exact) mass is 220 g/mol. The summed E-state index contributed by atoms with van der Waals surface area (Å²) in [6, 6.07) is 0. The number of rotatable bonds is 5. The predicted octanol–water partition coefficient (Wildman–Crippen LogP) is 3.18. The van der Waals surface area contributed by atoms with Gasteiger partial charge in [-0.2, -0.15) is 6.42 Å². The minimum atomic E-state index is 0. The van der Waals surface area contributed by atoms with Crippen LogP contribution in [-0.4, -0.2) is 0 Å². The largest absolute Gasteiger partial charge is 1.00 e. The third-order valence-corrected chi connectivity index (χ3v) is 1.35. The number of hydrogen-bond acceptors (Lipinski definition) is 0. The molecule has 0 fully saturated rings. The second kappa shape index (κ2) is 11.5. The van der Waals surface area contributed by atoms with Crippen molar-refractivity contribution in [1.29, 1.82) is 0 Å². The molecular weight excluding hydrogens is 204 g/mol. The Kier molecular flexibility index (Phi) is 15.9. The van der Waals surface area contributed by atoms with E-state index in [1.165, 1.54) is 32.1 Å². The molecule has 0 spiro atoms. The fourth-order valence-electron chi connectivity index (χ4n) is 0.780. The van der Waals surface area contributed by atoms with Crippen LogP contribution in [0.4, 0.5) is 0 Å². The molecule has 0 bridgehead atoms. The van der Waals surface area contributed by atoms with Crippen LogP contribution in [0.3, 0.4) is 0 Å². The molecular formula is C8H17Ag. The molecule has 0 aromatic carbocycles. The third kappa shape index (κ3) is 12.1. The van der Waals surface area contributed by atoms with Gasteiger partial charge in [0.25, 0.3) is 0 Å². The zero-order valence-corrected chi connectivity index (χ0v) is 7.73. The Bertz CT molecular complexity index is 29.5. The van der Waals surface area contributed by atoms with Crippen molar-refractivity contribution >= 4 is 0 Å². The van der Waals surface area contributed by atoms with E-state index in [4.69, 9.17) is 0 Å². The molecule has 0 aliphatic rings. The van der Waals surface area contributed by atoms with Crippen LogP contribution in [0.2, 0.25) is 0 Å². The number of unbranched alkanes of at least 4 members (excludes halogenated alkanes) is 5. The van der Waals surface area contributed by atoms with Gasteiger partial charge in [0.05, 0.1) is 0 Å². The molecule has 0 aliphatic heterocycles. The van der Waals surface area contributed by atoms with E-state index in [0.29, 0.717) is 0 Å². The maximum Gasteiger partial charge on any atom is 1.00 e. The van der Waals surface area contributed by atoms with Crippen molar-refractivity contribution in [3.63, 3.8) is 0 Å². The standard InChI is InChI=1S/C8H17.Ag/c1-3-5-7-8-6-4-2;/h1,3-8H2,2H3;/q-1;+1. The topological polar surface area (TPSA) is 0 Å². The average molecular weight is 221 g/mol. The zero-order valence-electron chi connectivity index (χ0n) is 6.25. The molecule has 0 aliphatic carbocycles. The van der Waals surface area contributed by atoms with Crippen LogP contribution in [0.15, 0.2) is 0 Å². The van der Waals surface area contributed by atoms with Crippen molar-refractivity contribution in [2.45, 2.75) is 45.4 Å². The Hall–Kier alpha value is 0.740. The summed E-state index contributed by atoms with van der Waals surface area (Å²) in [5, 5.41) is 0. The van der Waals surface area contributed by atoms with Crippen molar-refractivity contribution in [1.82, 2.24) is 0 Å². The summed E-state index contributed by atoms with van der Waals surface area (Å²) < 4.78 is 0. The van der Waals surface area contributed by atoms with Crippen molar-refractivity contribution in [2.75, 3.05) is 0 Å². The molecule has 0 amide bonds. The van der Waals surface area contributed by atoms with Gasteiger partial charge < -0.3 is 6.92 Å². The number of hydrogen-bond donors (Lipinski definition) is 0. The van der Waals surface area contributed by atoms with Gasteiger partial charge in [0.15, 0.2) is 0 Å². The minimum absolute atomic E-state index is 0. The molecule has 0 rings (SSSR count). The third-order valence-electron chi connectivity index (χ3n) is 1.35. The Labute approximate surface area is 74.9 Å². The van der Waals surface area contributed by atoms with Crippen LogP contribution in [-0.2, 0) is 22.4 Å². The smallest absolute Gasteiger partial charge is 0.343 e. The summed E-state index contributed by atoms with van der Waals surface area (Å²) in [4.78, 5) is 0. The summed E-state index contributed by atoms with van der Waals surface area (Å²) >= 11 is 0. The van der Waals surface area contributed by atoms with E-state index in [1.807, 2.05) is 0 Å². The summed E-state index contributed by atoms with van der Waals surface area (Å²) in [6.07, 6.45) is 7.98. The summed E-state index contributed by atoms with van der Waals surface area (Å²) in [7, 11) is 0. The normalized spacial score (nSPS) is 8.67. The molecule has 0 heterocycles. The van der Waals surface area contributed by atoms with Gasteiger partial charge in [0, 0.05) is 0 Å². The minimum Gasteiger partial charge on any atom is -0.343 e. The first kappa shape index (κ1) is 12.4. The van der Waals surface area contributed by atoms with Crippen LogP contribution in [0.25, 0.3) is 0 Å². The Morgan fingerprint density at radius 3 is 2.00 bits per heavy atom. The molecule has 0 radical (unpaired) electrons. The van der Waals surface area contributed by atoms with Crippen LogP contribution < -0.4 is 0 Å². The summed E-state index contributed by atoms with van der Waals surface area (Å²) in [5.74, 6) is 0. The Morgan fingerprint density at radius 1 is 1.00 bits per heavy atom. The van der Waals surface area contributed by atoms with E-state index in [9.17, 15) is 0 Å². The van der Waals surface area contributed by atoms with Crippen LogP contribution in [0.1, 0.15) is 45.4 Å². The SMILES string of the molecule is [Ag+].[CH2-]CCCCCCC. The molecule has 9 heavy (non-hydrogen) atoms.